The molecule has 1 N–H and O–H groups in total. The Hall–Kier alpha value is -4.85. The Kier molecular flexibility index (Phi) is 9.54. The van der Waals surface area contributed by atoms with Crippen molar-refractivity contribution in [2.45, 2.75) is 63.8 Å². The fraction of sp³-hybridized carbons (Fsp3) is 0.348. The second-order valence-corrected chi connectivity index (χ2v) is 15.8. The summed E-state index contributed by atoms with van der Waals surface area (Å²) < 4.78 is 8.15. The molecule has 1 aliphatic carbocycles. The van der Waals surface area contributed by atoms with E-state index in [-0.39, 0.29) is 0 Å². The van der Waals surface area contributed by atoms with Crippen LogP contribution in [-0.4, -0.2) is 65.4 Å². The van der Waals surface area contributed by atoms with Crippen LogP contribution in [0.5, 0.6) is 5.75 Å². The van der Waals surface area contributed by atoms with E-state index in [1.165, 1.54) is 66.4 Å². The zero-order chi connectivity index (χ0) is 36.8. The molecule has 9 rings (SSSR count). The number of ether oxygens (including phenoxy) is 1. The fourth-order valence-corrected chi connectivity index (χ4v) is 9.58. The average molecular weight is 739 g/mol. The highest BCUT2D eigenvalue weighted by Crippen LogP contribution is 2.49. The largest absolute Gasteiger partial charge is 0.497 e. The van der Waals surface area contributed by atoms with Gasteiger partial charge in [0.2, 0.25) is 0 Å². The van der Waals surface area contributed by atoms with E-state index in [0.29, 0.717) is 16.5 Å². The van der Waals surface area contributed by atoms with Crippen molar-refractivity contribution in [2.24, 2.45) is 0 Å². The summed E-state index contributed by atoms with van der Waals surface area (Å²) in [6.07, 6.45) is 9.91. The lowest BCUT2D eigenvalue weighted by Gasteiger charge is -2.32. The van der Waals surface area contributed by atoms with Crippen molar-refractivity contribution in [1.82, 2.24) is 14.5 Å². The van der Waals surface area contributed by atoms with Gasteiger partial charge in [0.25, 0.3) is 0 Å². The molecule has 54 heavy (non-hydrogen) atoms. The molecule has 276 valence electrons. The highest BCUT2D eigenvalue weighted by Gasteiger charge is 2.32. The van der Waals surface area contributed by atoms with Crippen LogP contribution < -0.4 is 9.64 Å². The van der Waals surface area contributed by atoms with Crippen LogP contribution in [0, 0.1) is 0 Å². The Morgan fingerprint density at radius 1 is 0.778 bits per heavy atom. The molecule has 0 bridgehead atoms. The second kappa shape index (κ2) is 14.8. The predicted molar refractivity (Wildman–Crippen MR) is 220 cm³/mol. The summed E-state index contributed by atoms with van der Waals surface area (Å²) in [7, 11) is 1.70. The number of methoxy groups -OCH3 is 1. The number of fused-ring (bicyclic) bond motifs is 7. The van der Waals surface area contributed by atoms with Crippen LogP contribution in [0.1, 0.15) is 73.2 Å². The first-order valence-corrected chi connectivity index (χ1v) is 20.1. The number of rotatable bonds is 8. The standard InChI is InChI=1S/C46H47ClN4O3/c1-54-34-15-17-35(30-10-13-33(47)14-11-30)39(29-34)41-20-18-36-40(48-41)21-19-38-44(36)50(25-24-49-22-6-3-7-23-49)26-27-51-42-28-32(46(52)53)12-16-37(42)43(45(38)51)31-8-4-2-5-9-31/h10-21,28-29,31H,2-9,22-27H2,1H3,(H,52,53). The van der Waals surface area contributed by atoms with Crippen molar-refractivity contribution in [1.29, 1.82) is 0 Å². The zero-order valence-corrected chi connectivity index (χ0v) is 31.7. The van der Waals surface area contributed by atoms with Crippen LogP contribution in [0.15, 0.2) is 84.9 Å². The normalized spacial score (nSPS) is 16.7. The number of carboxylic acids is 1. The third-order valence-corrected chi connectivity index (χ3v) is 12.4. The lowest BCUT2D eigenvalue weighted by molar-refractivity contribution is 0.0697. The molecule has 2 fully saturated rings. The lowest BCUT2D eigenvalue weighted by atomic mass is 9.81. The second-order valence-electron chi connectivity index (χ2n) is 15.3. The van der Waals surface area contributed by atoms with Crippen LogP contribution in [0.3, 0.4) is 0 Å². The number of hydrogen-bond acceptors (Lipinski definition) is 5. The molecule has 4 aromatic carbocycles. The Labute approximate surface area is 322 Å². The van der Waals surface area contributed by atoms with Crippen molar-refractivity contribution in [3.63, 3.8) is 0 Å². The van der Waals surface area contributed by atoms with Gasteiger partial charge in [0.15, 0.2) is 0 Å². The first-order valence-electron chi connectivity index (χ1n) is 19.7. The van der Waals surface area contributed by atoms with Gasteiger partial charge in [-0.1, -0.05) is 61.5 Å². The van der Waals surface area contributed by atoms with Crippen LogP contribution in [0.2, 0.25) is 5.02 Å². The van der Waals surface area contributed by atoms with E-state index in [2.05, 4.69) is 69.0 Å². The Morgan fingerprint density at radius 3 is 2.31 bits per heavy atom. The molecule has 0 amide bonds. The number of nitrogens with zero attached hydrogens (tertiary/aromatic N) is 4. The zero-order valence-electron chi connectivity index (χ0n) is 31.0. The van der Waals surface area contributed by atoms with E-state index in [4.69, 9.17) is 21.3 Å². The maximum atomic E-state index is 12.3. The minimum absolute atomic E-state index is 0.343. The molecular formula is C46H47ClN4O3. The molecule has 3 aliphatic rings. The van der Waals surface area contributed by atoms with E-state index in [1.807, 2.05) is 24.3 Å². The lowest BCUT2D eigenvalue weighted by Crippen LogP contribution is -2.38. The third-order valence-electron chi connectivity index (χ3n) is 12.2. The molecule has 1 saturated heterocycles. The van der Waals surface area contributed by atoms with Gasteiger partial charge >= 0.3 is 5.97 Å². The van der Waals surface area contributed by atoms with Gasteiger partial charge in [-0.25, -0.2) is 9.78 Å². The van der Waals surface area contributed by atoms with E-state index in [1.54, 1.807) is 13.2 Å². The Balaban J connectivity index is 1.24. The van der Waals surface area contributed by atoms with Crippen molar-refractivity contribution in [3.05, 3.63) is 101 Å². The number of aromatic nitrogens is 2. The van der Waals surface area contributed by atoms with Crippen LogP contribution >= 0.6 is 11.6 Å². The van der Waals surface area contributed by atoms with E-state index >= 15 is 0 Å². The molecule has 2 aromatic heterocycles. The van der Waals surface area contributed by atoms with Gasteiger partial charge in [0.05, 0.1) is 35.3 Å². The van der Waals surface area contributed by atoms with Gasteiger partial charge in [-0.15, -0.1) is 0 Å². The molecule has 0 radical (unpaired) electrons. The van der Waals surface area contributed by atoms with E-state index in [9.17, 15) is 9.90 Å². The van der Waals surface area contributed by atoms with E-state index < -0.39 is 5.97 Å². The smallest absolute Gasteiger partial charge is 0.335 e. The van der Waals surface area contributed by atoms with E-state index in [0.717, 1.165) is 96.7 Å². The third kappa shape index (κ3) is 6.41. The summed E-state index contributed by atoms with van der Waals surface area (Å²) in [5, 5.41) is 13.1. The first kappa shape index (κ1) is 34.9. The monoisotopic (exact) mass is 738 g/mol. The molecule has 0 spiro atoms. The molecule has 8 heteroatoms. The molecule has 1 saturated carbocycles. The predicted octanol–water partition coefficient (Wildman–Crippen LogP) is 10.9. The van der Waals surface area contributed by atoms with Gasteiger partial charge in [-0.3, -0.25) is 0 Å². The number of carbonyl (C=O) groups is 1. The topological polar surface area (TPSA) is 70.8 Å². The maximum Gasteiger partial charge on any atom is 0.335 e. The van der Waals surface area contributed by atoms with Crippen molar-refractivity contribution in [2.75, 3.05) is 44.7 Å². The summed E-state index contributed by atoms with van der Waals surface area (Å²) in [5.74, 6) is 0.341. The number of halogens is 1. The minimum Gasteiger partial charge on any atom is -0.497 e. The van der Waals surface area contributed by atoms with Gasteiger partial charge in [0.1, 0.15) is 5.75 Å². The molecule has 0 unspecified atom stereocenters. The number of pyridine rings is 1. The molecule has 7 nitrogen and oxygen atoms in total. The SMILES string of the molecule is COc1ccc(-c2ccc(Cl)cc2)c(-c2ccc3c4c(ccc3n2)-c2c(C3CCCCC3)c3ccc(C(=O)O)cc3n2CCN4CCN2CCCCC2)c1. The minimum atomic E-state index is -0.882. The maximum absolute atomic E-state index is 12.3. The quantitative estimate of drug-likeness (QED) is 0.168. The van der Waals surface area contributed by atoms with Gasteiger partial charge in [0, 0.05) is 58.6 Å². The molecule has 0 atom stereocenters. The number of carboxylic acid groups (broad SMARTS) is 1. The molecular weight excluding hydrogens is 692 g/mol. The van der Waals surface area contributed by atoms with Crippen LogP contribution in [-0.2, 0) is 6.54 Å². The Morgan fingerprint density at radius 2 is 1.54 bits per heavy atom. The number of likely N-dealkylation sites (tertiary alicyclic amines) is 1. The van der Waals surface area contributed by atoms with Crippen LogP contribution in [0.25, 0.3) is 55.4 Å². The number of piperidine rings is 1. The fourth-order valence-electron chi connectivity index (χ4n) is 9.45. The summed E-state index contributed by atoms with van der Waals surface area (Å²) >= 11 is 6.28. The van der Waals surface area contributed by atoms with Crippen molar-refractivity contribution >= 4 is 45.1 Å². The number of benzene rings is 4. The van der Waals surface area contributed by atoms with Crippen molar-refractivity contribution < 1.29 is 14.6 Å². The number of aromatic carboxylic acids is 1. The summed E-state index contributed by atoms with van der Waals surface area (Å²) in [5.41, 5.74) is 11.5. The highest BCUT2D eigenvalue weighted by molar-refractivity contribution is 6.30. The van der Waals surface area contributed by atoms with Crippen molar-refractivity contribution in [3.8, 4) is 39.4 Å². The average Bonchev–Trinajstić information content (AvgIpc) is 3.44. The van der Waals surface area contributed by atoms with Gasteiger partial charge in [-0.2, -0.15) is 0 Å². The van der Waals surface area contributed by atoms with Gasteiger partial charge < -0.3 is 24.2 Å². The number of hydrogen-bond donors (Lipinski definition) is 1. The summed E-state index contributed by atoms with van der Waals surface area (Å²) in [6.45, 7) is 5.88. The molecule has 4 heterocycles. The first-order chi connectivity index (χ1) is 26.5. The Bertz CT molecular complexity index is 2360. The molecule has 2 aliphatic heterocycles. The summed E-state index contributed by atoms with van der Waals surface area (Å²) in [6, 6.07) is 28.9. The summed E-state index contributed by atoms with van der Waals surface area (Å²) in [4.78, 5) is 22.9. The highest BCUT2D eigenvalue weighted by atomic mass is 35.5. The number of anilines is 1. The van der Waals surface area contributed by atoms with Crippen LogP contribution in [0.4, 0.5) is 5.69 Å². The van der Waals surface area contributed by atoms with Gasteiger partial charge in [-0.05, 0) is 122 Å². The molecule has 6 aromatic rings.